The lowest BCUT2D eigenvalue weighted by Crippen LogP contribution is -2.32. The maximum absolute atomic E-state index is 11.8. The number of ether oxygens (including phenoxy) is 1. The monoisotopic (exact) mass is 373 g/mol. The van der Waals surface area contributed by atoms with Gasteiger partial charge in [-0.3, -0.25) is 14.5 Å². The highest BCUT2D eigenvalue weighted by Gasteiger charge is 2.27. The summed E-state index contributed by atoms with van der Waals surface area (Å²) in [4.78, 5) is 40.2. The number of esters is 1. The number of amides is 3. The summed E-state index contributed by atoms with van der Waals surface area (Å²) >= 11 is 1.50. The van der Waals surface area contributed by atoms with E-state index in [1.54, 1.807) is 0 Å². The summed E-state index contributed by atoms with van der Waals surface area (Å²) in [7, 11) is 0. The fraction of sp³-hybridized carbons (Fsp3) is 0.333. The molecule has 0 unspecified atom stereocenters. The van der Waals surface area contributed by atoms with Crippen molar-refractivity contribution in [3.63, 3.8) is 0 Å². The molecule has 0 radical (unpaired) electrons. The molecule has 0 atom stereocenters. The van der Waals surface area contributed by atoms with Crippen LogP contribution in [0.2, 0.25) is 0 Å². The zero-order chi connectivity index (χ0) is 18.5. The predicted octanol–water partition coefficient (Wildman–Crippen LogP) is 2.49. The van der Waals surface area contributed by atoms with Crippen molar-refractivity contribution in [2.24, 2.45) is 0 Å². The second-order valence-corrected chi connectivity index (χ2v) is 6.84. The number of nitrogens with zero attached hydrogens (tertiary/aromatic N) is 2. The van der Waals surface area contributed by atoms with E-state index in [9.17, 15) is 14.4 Å². The van der Waals surface area contributed by atoms with E-state index in [0.717, 1.165) is 15.5 Å². The average Bonchev–Trinajstić information content (AvgIpc) is 3.22. The van der Waals surface area contributed by atoms with Crippen LogP contribution in [0.4, 0.5) is 4.79 Å². The van der Waals surface area contributed by atoms with Gasteiger partial charge in [-0.15, -0.1) is 11.3 Å². The minimum absolute atomic E-state index is 0.0242. The number of carbonyl (C=O) groups is 3. The Morgan fingerprint density at radius 3 is 2.77 bits per heavy atom. The molecule has 1 fully saturated rings. The van der Waals surface area contributed by atoms with Crippen LogP contribution in [-0.2, 0) is 20.9 Å². The third kappa shape index (κ3) is 4.45. The molecule has 1 N–H and O–H groups in total. The number of rotatable bonds is 7. The molecule has 7 nitrogen and oxygen atoms in total. The number of hydrogen-bond donors (Lipinski definition) is 1. The molecule has 1 aliphatic heterocycles. The number of carbonyl (C=O) groups excluding carboxylic acids is 3. The molecular weight excluding hydrogens is 354 g/mol. The second-order valence-electron chi connectivity index (χ2n) is 5.98. The lowest BCUT2D eigenvalue weighted by molar-refractivity contribution is -0.145. The van der Waals surface area contributed by atoms with E-state index in [1.807, 2.05) is 36.6 Å². The Hall–Kier alpha value is -2.74. The van der Waals surface area contributed by atoms with Gasteiger partial charge in [0.15, 0.2) is 0 Å². The molecular formula is C18H19N3O4S. The van der Waals surface area contributed by atoms with Gasteiger partial charge >= 0.3 is 12.0 Å². The Kier molecular flexibility index (Phi) is 5.62. The second kappa shape index (κ2) is 8.09. The molecule has 1 aliphatic rings. The molecule has 0 saturated carbocycles. The molecule has 8 heteroatoms. The summed E-state index contributed by atoms with van der Waals surface area (Å²) < 4.78 is 5.22. The highest BCUT2D eigenvalue weighted by atomic mass is 32.1. The molecule has 1 aromatic heterocycles. The van der Waals surface area contributed by atoms with Crippen molar-refractivity contribution in [3.8, 4) is 10.6 Å². The van der Waals surface area contributed by atoms with Crippen LogP contribution in [0.25, 0.3) is 10.6 Å². The van der Waals surface area contributed by atoms with E-state index in [0.29, 0.717) is 12.1 Å². The fourth-order valence-corrected chi connectivity index (χ4v) is 3.30. The van der Waals surface area contributed by atoms with E-state index in [-0.39, 0.29) is 38.0 Å². The predicted molar refractivity (Wildman–Crippen MR) is 96.4 cm³/mol. The molecule has 136 valence electrons. The van der Waals surface area contributed by atoms with Crippen LogP contribution in [-0.4, -0.2) is 40.9 Å². The van der Waals surface area contributed by atoms with E-state index >= 15 is 0 Å². The number of imide groups is 1. The minimum Gasteiger partial charge on any atom is -0.459 e. The molecule has 1 aromatic carbocycles. The maximum Gasteiger partial charge on any atom is 0.324 e. The van der Waals surface area contributed by atoms with Crippen molar-refractivity contribution in [1.29, 1.82) is 0 Å². The molecule has 3 rings (SSSR count). The Morgan fingerprint density at radius 2 is 2.08 bits per heavy atom. The van der Waals surface area contributed by atoms with Crippen molar-refractivity contribution < 1.29 is 19.1 Å². The van der Waals surface area contributed by atoms with E-state index in [4.69, 9.17) is 4.74 Å². The van der Waals surface area contributed by atoms with Crippen LogP contribution in [0.5, 0.6) is 0 Å². The first-order chi connectivity index (χ1) is 12.5. The fourth-order valence-electron chi connectivity index (χ4n) is 2.49. The van der Waals surface area contributed by atoms with Gasteiger partial charge in [-0.2, -0.15) is 0 Å². The van der Waals surface area contributed by atoms with Crippen molar-refractivity contribution in [3.05, 3.63) is 40.9 Å². The lowest BCUT2D eigenvalue weighted by atomic mass is 10.2. The Bertz CT molecular complexity index is 800. The number of aryl methyl sites for hydroxylation is 1. The van der Waals surface area contributed by atoms with Gasteiger partial charge in [0.2, 0.25) is 5.91 Å². The molecule has 0 spiro atoms. The van der Waals surface area contributed by atoms with Crippen LogP contribution >= 0.6 is 11.3 Å². The van der Waals surface area contributed by atoms with Gasteiger partial charge in [0, 0.05) is 23.9 Å². The van der Waals surface area contributed by atoms with Crippen LogP contribution in [0, 0.1) is 6.92 Å². The van der Waals surface area contributed by atoms with Gasteiger partial charge in [-0.05, 0) is 13.3 Å². The van der Waals surface area contributed by atoms with E-state index < -0.39 is 6.03 Å². The lowest BCUT2D eigenvalue weighted by Gasteiger charge is -2.11. The van der Waals surface area contributed by atoms with Gasteiger partial charge in [-0.1, -0.05) is 29.8 Å². The smallest absolute Gasteiger partial charge is 0.324 e. The highest BCUT2D eigenvalue weighted by Crippen LogP contribution is 2.24. The number of benzene rings is 1. The molecule has 0 aliphatic carbocycles. The number of hydrogen-bond acceptors (Lipinski definition) is 6. The summed E-state index contributed by atoms with van der Waals surface area (Å²) in [5.41, 5.74) is 2.92. The maximum atomic E-state index is 11.8. The van der Waals surface area contributed by atoms with E-state index in [2.05, 4.69) is 10.3 Å². The number of thiazole rings is 1. The zero-order valence-corrected chi connectivity index (χ0v) is 15.2. The summed E-state index contributed by atoms with van der Waals surface area (Å²) in [5.74, 6) is -0.642. The van der Waals surface area contributed by atoms with Crippen molar-refractivity contribution in [1.82, 2.24) is 15.2 Å². The molecule has 3 amide bonds. The van der Waals surface area contributed by atoms with Crippen LogP contribution in [0.1, 0.15) is 24.1 Å². The van der Waals surface area contributed by atoms with Gasteiger partial charge < -0.3 is 10.1 Å². The van der Waals surface area contributed by atoms with Gasteiger partial charge in [-0.25, -0.2) is 9.78 Å². The normalized spacial score (nSPS) is 13.8. The standard InChI is InChI=1S/C18H19N3O4S/c1-12-4-6-13(7-5-12)17-20-14(11-26-17)10-25-16(23)3-2-8-21-15(22)9-19-18(21)24/h4-7,11H,2-3,8-10H2,1H3,(H,19,24). The number of aromatic nitrogens is 1. The molecule has 0 bridgehead atoms. The zero-order valence-electron chi connectivity index (χ0n) is 14.4. The summed E-state index contributed by atoms with van der Waals surface area (Å²) in [6, 6.07) is 7.68. The Balaban J connectivity index is 1.42. The number of urea groups is 1. The third-order valence-electron chi connectivity index (χ3n) is 3.93. The van der Waals surface area contributed by atoms with E-state index in [1.165, 1.54) is 16.9 Å². The topological polar surface area (TPSA) is 88.6 Å². The van der Waals surface area contributed by atoms with Crippen LogP contribution < -0.4 is 5.32 Å². The SMILES string of the molecule is Cc1ccc(-c2nc(COC(=O)CCCN3C(=O)CNC3=O)cs2)cc1. The summed E-state index contributed by atoms with van der Waals surface area (Å²) in [5, 5.41) is 5.19. The van der Waals surface area contributed by atoms with Crippen molar-refractivity contribution >= 4 is 29.2 Å². The molecule has 2 aromatic rings. The first-order valence-electron chi connectivity index (χ1n) is 8.28. The molecule has 26 heavy (non-hydrogen) atoms. The van der Waals surface area contributed by atoms with Gasteiger partial charge in [0.05, 0.1) is 12.2 Å². The average molecular weight is 373 g/mol. The first-order valence-corrected chi connectivity index (χ1v) is 9.16. The first kappa shape index (κ1) is 18.1. The molecule has 1 saturated heterocycles. The number of nitrogens with one attached hydrogen (secondary N) is 1. The van der Waals surface area contributed by atoms with Gasteiger partial charge in [0.1, 0.15) is 11.6 Å². The minimum atomic E-state index is -0.408. The Morgan fingerprint density at radius 1 is 1.31 bits per heavy atom. The molecule has 2 heterocycles. The van der Waals surface area contributed by atoms with Crippen LogP contribution in [0.3, 0.4) is 0 Å². The largest absolute Gasteiger partial charge is 0.459 e. The summed E-state index contributed by atoms with van der Waals surface area (Å²) in [6.07, 6.45) is 0.524. The van der Waals surface area contributed by atoms with Crippen molar-refractivity contribution in [2.45, 2.75) is 26.4 Å². The Labute approximate surface area is 155 Å². The summed E-state index contributed by atoms with van der Waals surface area (Å²) in [6.45, 7) is 2.39. The third-order valence-corrected chi connectivity index (χ3v) is 4.87. The quantitative estimate of drug-likeness (QED) is 0.595. The highest BCUT2D eigenvalue weighted by molar-refractivity contribution is 7.13. The van der Waals surface area contributed by atoms with Crippen LogP contribution in [0.15, 0.2) is 29.6 Å². The van der Waals surface area contributed by atoms with Crippen molar-refractivity contribution in [2.75, 3.05) is 13.1 Å². The van der Waals surface area contributed by atoms with Gasteiger partial charge in [0.25, 0.3) is 0 Å².